The first-order valence-corrected chi connectivity index (χ1v) is 9.12. The lowest BCUT2D eigenvalue weighted by Gasteiger charge is -2.30. The van der Waals surface area contributed by atoms with Crippen LogP contribution in [0.15, 0.2) is 66.9 Å². The van der Waals surface area contributed by atoms with Crippen LogP contribution in [0.4, 0.5) is 0 Å². The Labute approximate surface area is 154 Å². The maximum atomic E-state index is 10.3. The highest BCUT2D eigenvalue weighted by molar-refractivity contribution is 5.60. The van der Waals surface area contributed by atoms with Crippen LogP contribution in [0.2, 0.25) is 0 Å². The molecule has 26 heavy (non-hydrogen) atoms. The number of nitrogens with one attached hydrogen (secondary N) is 1. The number of benzene rings is 2. The summed E-state index contributed by atoms with van der Waals surface area (Å²) in [5.74, 6) is 0.781. The van der Waals surface area contributed by atoms with Gasteiger partial charge in [-0.25, -0.2) is 0 Å². The van der Waals surface area contributed by atoms with Crippen molar-refractivity contribution in [3.05, 3.63) is 78.0 Å². The first kappa shape index (κ1) is 16.9. The van der Waals surface area contributed by atoms with E-state index < -0.39 is 6.10 Å². The van der Waals surface area contributed by atoms with Crippen molar-refractivity contribution in [2.75, 3.05) is 19.7 Å². The van der Waals surface area contributed by atoms with Gasteiger partial charge in [-0.3, -0.25) is 4.90 Å². The highest BCUT2D eigenvalue weighted by atomic mass is 16.5. The van der Waals surface area contributed by atoms with Gasteiger partial charge in [-0.1, -0.05) is 24.3 Å². The van der Waals surface area contributed by atoms with E-state index in [4.69, 9.17) is 4.74 Å². The molecule has 0 fully saturated rings. The molecule has 1 aromatic heterocycles. The molecule has 0 spiro atoms. The zero-order valence-corrected chi connectivity index (χ0v) is 14.8. The smallest absolute Gasteiger partial charge is 0.119 e. The number of hydrogen-bond acceptors (Lipinski definition) is 3. The number of nitrogens with zero attached hydrogens (tertiary/aromatic N) is 1. The Morgan fingerprint density at radius 1 is 1.00 bits per heavy atom. The fourth-order valence-electron chi connectivity index (χ4n) is 3.49. The maximum Gasteiger partial charge on any atom is 0.119 e. The SMILES string of the molecule is OC(COc1ccc(-c2ccc[nH]2)cc1)CN1CCc2ccccc2C1. The summed E-state index contributed by atoms with van der Waals surface area (Å²) in [6.07, 6.45) is 2.46. The molecule has 1 aliphatic heterocycles. The van der Waals surface area contributed by atoms with Crippen LogP contribution < -0.4 is 4.74 Å². The van der Waals surface area contributed by atoms with Crippen molar-refractivity contribution < 1.29 is 9.84 Å². The Balaban J connectivity index is 1.27. The molecule has 1 aliphatic rings. The second-order valence-corrected chi connectivity index (χ2v) is 6.83. The second-order valence-electron chi connectivity index (χ2n) is 6.83. The minimum atomic E-state index is -0.497. The zero-order chi connectivity index (χ0) is 17.8. The van der Waals surface area contributed by atoms with Crippen molar-refractivity contribution in [3.63, 3.8) is 0 Å². The van der Waals surface area contributed by atoms with Crippen molar-refractivity contribution in [3.8, 4) is 17.0 Å². The number of ether oxygens (including phenoxy) is 1. The lowest BCUT2D eigenvalue weighted by Crippen LogP contribution is -2.38. The van der Waals surface area contributed by atoms with Gasteiger partial charge < -0.3 is 14.8 Å². The largest absolute Gasteiger partial charge is 0.491 e. The molecule has 0 saturated heterocycles. The van der Waals surface area contributed by atoms with E-state index in [0.717, 1.165) is 36.5 Å². The third-order valence-corrected chi connectivity index (χ3v) is 4.88. The van der Waals surface area contributed by atoms with Crippen LogP contribution in [0.5, 0.6) is 5.75 Å². The fraction of sp³-hybridized carbons (Fsp3) is 0.273. The Bertz CT molecular complexity index is 828. The van der Waals surface area contributed by atoms with Gasteiger partial charge in [0.2, 0.25) is 0 Å². The predicted molar refractivity (Wildman–Crippen MR) is 103 cm³/mol. The first-order valence-electron chi connectivity index (χ1n) is 9.12. The van der Waals surface area contributed by atoms with Gasteiger partial charge in [-0.2, -0.15) is 0 Å². The van der Waals surface area contributed by atoms with E-state index in [1.807, 2.05) is 42.6 Å². The summed E-state index contributed by atoms with van der Waals surface area (Å²) in [6, 6.07) is 20.5. The summed E-state index contributed by atoms with van der Waals surface area (Å²) in [5.41, 5.74) is 5.00. The summed E-state index contributed by atoms with van der Waals surface area (Å²) in [4.78, 5) is 5.49. The average molecular weight is 348 g/mol. The molecule has 4 nitrogen and oxygen atoms in total. The molecule has 134 valence electrons. The molecular formula is C22H24N2O2. The zero-order valence-electron chi connectivity index (χ0n) is 14.8. The monoisotopic (exact) mass is 348 g/mol. The molecule has 0 bridgehead atoms. The van der Waals surface area contributed by atoms with Gasteiger partial charge in [0, 0.05) is 31.5 Å². The van der Waals surface area contributed by atoms with E-state index >= 15 is 0 Å². The van der Waals surface area contributed by atoms with E-state index in [-0.39, 0.29) is 0 Å². The standard InChI is InChI=1S/C22H24N2O2/c25-20(15-24-13-11-17-4-1-2-5-19(17)14-24)16-26-21-9-7-18(8-10-21)22-6-3-12-23-22/h1-10,12,20,23,25H,11,13-16H2. The minimum Gasteiger partial charge on any atom is -0.491 e. The highest BCUT2D eigenvalue weighted by Gasteiger charge is 2.18. The molecule has 0 saturated carbocycles. The maximum absolute atomic E-state index is 10.3. The van der Waals surface area contributed by atoms with E-state index in [0.29, 0.717) is 13.2 Å². The number of rotatable bonds is 6. The lowest BCUT2D eigenvalue weighted by molar-refractivity contribution is 0.0638. The fourth-order valence-corrected chi connectivity index (χ4v) is 3.49. The molecule has 4 rings (SSSR count). The number of β-amino-alcohol motifs (C(OH)–C–C–N with tert-alkyl or cyclic N) is 1. The van der Waals surface area contributed by atoms with Gasteiger partial charge in [-0.15, -0.1) is 0 Å². The second kappa shape index (κ2) is 7.77. The molecule has 0 radical (unpaired) electrons. The van der Waals surface area contributed by atoms with Crippen LogP contribution in [0.3, 0.4) is 0 Å². The number of aliphatic hydroxyl groups is 1. The number of aromatic nitrogens is 1. The van der Waals surface area contributed by atoms with E-state index in [1.165, 1.54) is 11.1 Å². The third kappa shape index (κ3) is 3.98. The van der Waals surface area contributed by atoms with Crippen molar-refractivity contribution in [1.29, 1.82) is 0 Å². The van der Waals surface area contributed by atoms with Crippen molar-refractivity contribution in [2.45, 2.75) is 19.1 Å². The topological polar surface area (TPSA) is 48.5 Å². The van der Waals surface area contributed by atoms with Crippen molar-refractivity contribution in [1.82, 2.24) is 9.88 Å². The molecule has 2 aromatic carbocycles. The van der Waals surface area contributed by atoms with Crippen LogP contribution in [-0.2, 0) is 13.0 Å². The quantitative estimate of drug-likeness (QED) is 0.717. The van der Waals surface area contributed by atoms with Crippen LogP contribution >= 0.6 is 0 Å². The Hall–Kier alpha value is -2.56. The Morgan fingerprint density at radius 3 is 2.58 bits per heavy atom. The van der Waals surface area contributed by atoms with Gasteiger partial charge in [0.25, 0.3) is 0 Å². The van der Waals surface area contributed by atoms with Crippen LogP contribution in [0, 0.1) is 0 Å². The highest BCUT2D eigenvalue weighted by Crippen LogP contribution is 2.21. The summed E-state index contributed by atoms with van der Waals surface area (Å²) in [6.45, 7) is 2.83. The van der Waals surface area contributed by atoms with Gasteiger partial charge in [-0.05, 0) is 59.5 Å². The third-order valence-electron chi connectivity index (χ3n) is 4.88. The summed E-state index contributed by atoms with van der Waals surface area (Å²) in [5, 5.41) is 10.3. The van der Waals surface area contributed by atoms with Gasteiger partial charge in [0.1, 0.15) is 18.5 Å². The molecule has 2 N–H and O–H groups in total. The average Bonchev–Trinajstić information content (AvgIpc) is 3.21. The molecule has 1 unspecified atom stereocenters. The molecule has 1 atom stereocenters. The Morgan fingerprint density at radius 2 is 1.81 bits per heavy atom. The molecule has 4 heteroatoms. The number of aliphatic hydroxyl groups excluding tert-OH is 1. The molecule has 0 aliphatic carbocycles. The number of aromatic amines is 1. The van der Waals surface area contributed by atoms with Crippen LogP contribution in [0.1, 0.15) is 11.1 Å². The number of hydrogen-bond donors (Lipinski definition) is 2. The normalized spacial score (nSPS) is 15.4. The predicted octanol–water partition coefficient (Wildman–Crippen LogP) is 3.48. The molecule has 0 amide bonds. The van der Waals surface area contributed by atoms with Crippen LogP contribution in [-0.4, -0.2) is 40.8 Å². The Kier molecular flexibility index (Phi) is 5.04. The van der Waals surface area contributed by atoms with Crippen molar-refractivity contribution >= 4 is 0 Å². The molecular weight excluding hydrogens is 324 g/mol. The van der Waals surface area contributed by atoms with E-state index in [2.05, 4.69) is 34.1 Å². The van der Waals surface area contributed by atoms with Gasteiger partial charge in [0.05, 0.1) is 0 Å². The van der Waals surface area contributed by atoms with Gasteiger partial charge >= 0.3 is 0 Å². The van der Waals surface area contributed by atoms with Crippen LogP contribution in [0.25, 0.3) is 11.3 Å². The molecule has 2 heterocycles. The number of fused-ring (bicyclic) bond motifs is 1. The number of H-pyrrole nitrogens is 1. The minimum absolute atomic E-state index is 0.306. The summed E-state index contributed by atoms with van der Waals surface area (Å²) >= 11 is 0. The van der Waals surface area contributed by atoms with E-state index in [1.54, 1.807) is 0 Å². The van der Waals surface area contributed by atoms with Gasteiger partial charge in [0.15, 0.2) is 0 Å². The lowest BCUT2D eigenvalue weighted by atomic mass is 10.00. The van der Waals surface area contributed by atoms with E-state index in [9.17, 15) is 5.11 Å². The summed E-state index contributed by atoms with van der Waals surface area (Å²) < 4.78 is 5.76. The molecule has 3 aromatic rings. The van der Waals surface area contributed by atoms with Crippen molar-refractivity contribution in [2.24, 2.45) is 0 Å². The first-order chi connectivity index (χ1) is 12.8. The summed E-state index contributed by atoms with van der Waals surface area (Å²) in [7, 11) is 0.